The molecular weight excluding hydrogens is 698 g/mol. The van der Waals surface area contributed by atoms with Crippen molar-refractivity contribution in [3.8, 4) is 0 Å². The Balaban J connectivity index is 0.000000199. The highest BCUT2D eigenvalue weighted by Crippen LogP contribution is 2.32. The van der Waals surface area contributed by atoms with Crippen LogP contribution in [0.15, 0.2) is 19.2 Å². The van der Waals surface area contributed by atoms with Crippen molar-refractivity contribution in [1.82, 2.24) is 29.1 Å². The van der Waals surface area contributed by atoms with Gasteiger partial charge in [0.25, 0.3) is 11.1 Å². The fourth-order valence-electron chi connectivity index (χ4n) is 5.05. The van der Waals surface area contributed by atoms with Crippen LogP contribution in [0.4, 0.5) is 11.9 Å². The second-order valence-electron chi connectivity index (χ2n) is 11.4. The number of aromatic amines is 2. The Hall–Kier alpha value is -4.11. The van der Waals surface area contributed by atoms with E-state index in [-0.39, 0.29) is 45.1 Å². The van der Waals surface area contributed by atoms with Crippen molar-refractivity contribution in [1.29, 1.82) is 0 Å². The van der Waals surface area contributed by atoms with E-state index in [4.69, 9.17) is 36.5 Å². The molecule has 24 heteroatoms. The summed E-state index contributed by atoms with van der Waals surface area (Å²) in [4.78, 5) is 71.1. The number of anilines is 2. The molecule has 0 amide bonds. The molecule has 2 fully saturated rings. The van der Waals surface area contributed by atoms with Crippen molar-refractivity contribution in [2.75, 3.05) is 24.7 Å². The zero-order valence-electron chi connectivity index (χ0n) is 25.5. The Bertz CT molecular complexity index is 2090. The summed E-state index contributed by atoms with van der Waals surface area (Å²) in [6.07, 6.45) is -10.5. The summed E-state index contributed by atoms with van der Waals surface area (Å²) >= 11 is 1.23. The number of H-pyrrole nitrogens is 2. The number of thiazole rings is 2. The Morgan fingerprint density at radius 1 is 0.837 bits per heavy atom. The van der Waals surface area contributed by atoms with Gasteiger partial charge in [0, 0.05) is 0 Å². The van der Waals surface area contributed by atoms with Crippen LogP contribution in [0.2, 0.25) is 0 Å². The van der Waals surface area contributed by atoms with Crippen LogP contribution in [0.5, 0.6) is 0 Å². The summed E-state index contributed by atoms with van der Waals surface area (Å²) in [6, 6.07) is -0.846. The van der Waals surface area contributed by atoms with E-state index >= 15 is 0 Å². The number of aromatic nitrogens is 6. The van der Waals surface area contributed by atoms with Gasteiger partial charge in [-0.2, -0.15) is 9.97 Å². The van der Waals surface area contributed by atoms with E-state index < -0.39 is 88.6 Å². The average Bonchev–Trinajstić information content (AvgIpc) is 3.72. The number of hydrogen-bond acceptors (Lipinski definition) is 20. The van der Waals surface area contributed by atoms with Gasteiger partial charge in [0.15, 0.2) is 23.8 Å². The van der Waals surface area contributed by atoms with E-state index in [1.807, 2.05) is 0 Å². The highest BCUT2D eigenvalue weighted by Gasteiger charge is 2.46. The molecule has 0 unspecified atom stereocenters. The number of aliphatic hydroxyl groups excluding tert-OH is 5. The summed E-state index contributed by atoms with van der Waals surface area (Å²) in [6.45, 7) is 2.60. The van der Waals surface area contributed by atoms with E-state index in [2.05, 4.69) is 19.9 Å². The van der Waals surface area contributed by atoms with E-state index in [0.29, 0.717) is 22.7 Å². The summed E-state index contributed by atoms with van der Waals surface area (Å²) in [7, 11) is 0. The Kier molecular flexibility index (Phi) is 10.4. The van der Waals surface area contributed by atoms with Gasteiger partial charge in [-0.05, 0) is 5.92 Å². The van der Waals surface area contributed by atoms with Gasteiger partial charge in [-0.15, -0.1) is 0 Å². The molecule has 9 atom stereocenters. The Morgan fingerprint density at radius 3 is 1.67 bits per heavy atom. The van der Waals surface area contributed by atoms with Crippen LogP contribution in [-0.4, -0.2) is 116 Å². The largest absolute Gasteiger partial charge is 0.462 e. The van der Waals surface area contributed by atoms with E-state index in [1.165, 1.54) is 0 Å². The third-order valence-electron chi connectivity index (χ3n) is 7.73. The van der Waals surface area contributed by atoms with Crippen molar-refractivity contribution in [2.24, 2.45) is 11.7 Å². The van der Waals surface area contributed by atoms with Crippen LogP contribution in [0.1, 0.15) is 26.3 Å². The van der Waals surface area contributed by atoms with E-state index in [9.17, 15) is 44.4 Å². The molecule has 2 aliphatic rings. The van der Waals surface area contributed by atoms with Gasteiger partial charge in [-0.1, -0.05) is 36.5 Å². The van der Waals surface area contributed by atoms with Crippen LogP contribution in [0, 0.1) is 5.92 Å². The number of aliphatic hydroxyl groups is 5. The maximum absolute atomic E-state index is 12.4. The highest BCUT2D eigenvalue weighted by molar-refractivity contribution is 7.16. The number of hydrogen-bond donors (Lipinski definition) is 10. The minimum Gasteiger partial charge on any atom is -0.462 e. The summed E-state index contributed by atoms with van der Waals surface area (Å²) in [5.41, 5.74) is 15.4. The fourth-order valence-corrected chi connectivity index (χ4v) is 6.73. The first-order valence-corrected chi connectivity index (χ1v) is 16.1. The monoisotopic (exact) mass is 731 g/mol. The highest BCUT2D eigenvalue weighted by atomic mass is 32.1. The van der Waals surface area contributed by atoms with Gasteiger partial charge in [0.1, 0.15) is 58.7 Å². The normalized spacial score (nSPS) is 27.4. The molecule has 0 saturated carbocycles. The van der Waals surface area contributed by atoms with Crippen molar-refractivity contribution in [3.63, 3.8) is 0 Å². The van der Waals surface area contributed by atoms with Gasteiger partial charge < -0.3 is 56.9 Å². The molecule has 6 rings (SSSR count). The lowest BCUT2D eigenvalue weighted by Crippen LogP contribution is -2.40. The topological polar surface area (TPSA) is 359 Å². The predicted molar refractivity (Wildman–Crippen MR) is 171 cm³/mol. The smallest absolute Gasteiger partial charge is 0.323 e. The molecule has 6 heterocycles. The molecule has 4 aromatic heterocycles. The van der Waals surface area contributed by atoms with Crippen LogP contribution in [0.3, 0.4) is 0 Å². The number of nitrogens with one attached hydrogen (secondary N) is 2. The first kappa shape index (κ1) is 36.2. The maximum atomic E-state index is 12.4. The SMILES string of the molecule is CC(C)[C@H](N)C(=O)OC[C@H]1O[C@@H](n2c(=O)sc3c(=O)[nH]c(N)nc32)[C@H](O)[C@@H]1O.Nc1nc2c(sc(=O)n2[C@@H]2O[C@H](CO)[C@@H](O)[C@H]2O)c(=O)[nH]1. The Labute approximate surface area is 279 Å². The molecule has 2 aliphatic heterocycles. The van der Waals surface area contributed by atoms with Crippen LogP contribution in [-0.2, 0) is 19.0 Å². The number of rotatable bonds is 7. The van der Waals surface area contributed by atoms with E-state index in [0.717, 1.165) is 9.13 Å². The summed E-state index contributed by atoms with van der Waals surface area (Å²) in [5.74, 6) is -1.23. The molecular formula is C25H33N9O13S2. The molecule has 13 N–H and O–H groups in total. The van der Waals surface area contributed by atoms with E-state index in [1.54, 1.807) is 13.8 Å². The number of ether oxygens (including phenoxy) is 3. The number of fused-ring (bicyclic) bond motifs is 2. The lowest BCUT2D eigenvalue weighted by Gasteiger charge is -2.18. The third kappa shape index (κ3) is 6.74. The standard InChI is InChI=1S/C15H21N5O7S.C10H12N4O6S/c1-4(2)6(16)13(24)26-3-5-7(21)8(22)12(27-5)20-10-9(28-15(20)25)11(23)19-14(17)18-10;11-9-12-6-5(7(18)13-9)21-10(19)14(6)8-4(17)3(16)2(1-15)20-8/h4-8,12,21-22H,3,16H2,1-2H3,(H3,17,18,19,23);2-4,8,15-17H,1H2,(H3,11,12,13,18)/t5-,6+,7-,8-,12-;2-,3-,4-,8-/m11/s1. The number of nitrogen functional groups attached to an aromatic ring is 2. The minimum absolute atomic E-state index is 0.00211. The number of carbonyl (C=O) groups is 1. The molecule has 0 aliphatic carbocycles. The van der Waals surface area contributed by atoms with Crippen molar-refractivity contribution in [3.05, 3.63) is 40.0 Å². The van der Waals surface area contributed by atoms with Gasteiger partial charge in [0.05, 0.1) is 6.61 Å². The van der Waals surface area contributed by atoms with Crippen molar-refractivity contribution >= 4 is 61.2 Å². The third-order valence-corrected chi connectivity index (χ3v) is 9.61. The van der Waals surface area contributed by atoms with Gasteiger partial charge in [-0.25, -0.2) is 0 Å². The summed E-state index contributed by atoms with van der Waals surface area (Å²) in [5, 5.41) is 49.4. The lowest BCUT2D eigenvalue weighted by atomic mass is 10.1. The van der Waals surface area contributed by atoms with Crippen molar-refractivity contribution < 1.29 is 44.5 Å². The van der Waals surface area contributed by atoms with Gasteiger partial charge >= 0.3 is 15.7 Å². The zero-order chi connectivity index (χ0) is 36.1. The molecule has 0 bridgehead atoms. The number of esters is 1. The summed E-state index contributed by atoms with van der Waals surface area (Å²) < 4.78 is 17.8. The molecule has 2 saturated heterocycles. The molecule has 49 heavy (non-hydrogen) atoms. The quantitative estimate of drug-likeness (QED) is 0.0797. The second kappa shape index (κ2) is 14.0. The second-order valence-corrected chi connectivity index (χ2v) is 13.3. The van der Waals surface area contributed by atoms with Crippen LogP contribution < -0.4 is 38.1 Å². The first-order chi connectivity index (χ1) is 23.0. The predicted octanol–water partition coefficient (Wildman–Crippen LogP) is -4.79. The lowest BCUT2D eigenvalue weighted by molar-refractivity contribution is -0.152. The number of nitrogens with zero attached hydrogens (tertiary/aromatic N) is 4. The molecule has 22 nitrogen and oxygen atoms in total. The molecule has 4 aromatic rings. The van der Waals surface area contributed by atoms with Gasteiger partial charge in [0.2, 0.25) is 11.9 Å². The molecule has 268 valence electrons. The molecule has 0 spiro atoms. The molecule has 0 radical (unpaired) electrons. The fraction of sp³-hybridized carbons (Fsp3) is 0.560. The number of carbonyl (C=O) groups excluding carboxylic acids is 1. The van der Waals surface area contributed by atoms with Crippen LogP contribution >= 0.6 is 22.7 Å². The number of nitrogens with two attached hydrogens (primary N) is 3. The first-order valence-electron chi connectivity index (χ1n) is 14.4. The maximum Gasteiger partial charge on any atom is 0.323 e. The van der Waals surface area contributed by atoms with Crippen LogP contribution in [0.25, 0.3) is 20.7 Å². The minimum atomic E-state index is -1.53. The van der Waals surface area contributed by atoms with Gasteiger partial charge in [-0.3, -0.25) is 43.1 Å². The average molecular weight is 732 g/mol. The van der Waals surface area contributed by atoms with Crippen molar-refractivity contribution in [2.45, 2.75) is 69.0 Å². The molecule has 0 aromatic carbocycles. The zero-order valence-corrected chi connectivity index (χ0v) is 27.2. The Morgan fingerprint density at radius 2 is 1.27 bits per heavy atom.